The molecule has 1 unspecified atom stereocenters. The number of benzene rings is 1. The van der Waals surface area contributed by atoms with Gasteiger partial charge in [0.2, 0.25) is 11.8 Å². The van der Waals surface area contributed by atoms with E-state index in [-0.39, 0.29) is 11.8 Å². The Bertz CT molecular complexity index is 635. The molecule has 0 aromatic heterocycles. The normalized spacial score (nSPS) is 21.1. The highest BCUT2D eigenvalue weighted by atomic mass is 16.2. The molecule has 1 aromatic carbocycles. The lowest BCUT2D eigenvalue weighted by atomic mass is 9.90. The highest BCUT2D eigenvalue weighted by Gasteiger charge is 2.33. The number of likely N-dealkylation sites (tertiary alicyclic amines) is 2. The minimum absolute atomic E-state index is 0.0161. The van der Waals surface area contributed by atoms with Gasteiger partial charge in [0, 0.05) is 31.6 Å². The largest absolute Gasteiger partial charge is 0.339 e. The first-order valence-electron chi connectivity index (χ1n) is 10.4. The number of aryl methyl sites for hydroxylation is 1. The smallest absolute Gasteiger partial charge is 0.245 e. The molecular weight excluding hydrogens is 336 g/mol. The summed E-state index contributed by atoms with van der Waals surface area (Å²) in [7, 11) is 0. The molecule has 1 atom stereocenters. The molecular formula is C23H32N2O2. The number of hydrogen-bond acceptors (Lipinski definition) is 2. The van der Waals surface area contributed by atoms with Crippen molar-refractivity contribution < 1.29 is 9.59 Å². The summed E-state index contributed by atoms with van der Waals surface area (Å²) in [4.78, 5) is 28.9. The van der Waals surface area contributed by atoms with Crippen molar-refractivity contribution in [1.29, 1.82) is 0 Å². The summed E-state index contributed by atoms with van der Waals surface area (Å²) in [5, 5.41) is 0. The van der Waals surface area contributed by atoms with Gasteiger partial charge in [-0.15, -0.1) is 0 Å². The zero-order chi connectivity index (χ0) is 19.1. The summed E-state index contributed by atoms with van der Waals surface area (Å²) in [6, 6.07) is 11.0. The van der Waals surface area contributed by atoms with Crippen LogP contribution in [0.15, 0.2) is 43.0 Å². The first-order chi connectivity index (χ1) is 13.2. The maximum absolute atomic E-state index is 13.1. The molecule has 2 aliphatic heterocycles. The molecule has 4 nitrogen and oxygen atoms in total. The predicted octanol–water partition coefficient (Wildman–Crippen LogP) is 3.82. The molecule has 27 heavy (non-hydrogen) atoms. The van der Waals surface area contributed by atoms with E-state index in [0.29, 0.717) is 25.0 Å². The zero-order valence-electron chi connectivity index (χ0n) is 16.3. The third-order valence-electron chi connectivity index (χ3n) is 6.09. The van der Waals surface area contributed by atoms with Gasteiger partial charge in [0.15, 0.2) is 0 Å². The fourth-order valence-electron chi connectivity index (χ4n) is 4.49. The van der Waals surface area contributed by atoms with Gasteiger partial charge in [-0.1, -0.05) is 36.9 Å². The lowest BCUT2D eigenvalue weighted by molar-refractivity contribution is -0.142. The van der Waals surface area contributed by atoms with Crippen LogP contribution in [0.2, 0.25) is 0 Å². The first-order valence-corrected chi connectivity index (χ1v) is 10.4. The number of piperidine rings is 2. The van der Waals surface area contributed by atoms with Crippen LogP contribution in [0.3, 0.4) is 0 Å². The standard InChI is InChI=1S/C23H32N2O2/c1-2-22(26)24-17-14-20(15-18-24)23(27)25-16-7-6-12-21(25)13-8-11-19-9-4-3-5-10-19/h2-5,9-10,20-21H,1,6-8,11-18H2. The summed E-state index contributed by atoms with van der Waals surface area (Å²) in [5.41, 5.74) is 1.38. The molecule has 1 aromatic rings. The van der Waals surface area contributed by atoms with Gasteiger partial charge in [0.1, 0.15) is 0 Å². The SMILES string of the molecule is C=CC(=O)N1CCC(C(=O)N2CCCCC2CCCc2ccccc2)CC1. The first kappa shape index (κ1) is 19.7. The molecule has 2 amide bonds. The van der Waals surface area contributed by atoms with E-state index in [1.807, 2.05) is 4.90 Å². The van der Waals surface area contributed by atoms with Crippen LogP contribution in [-0.2, 0) is 16.0 Å². The van der Waals surface area contributed by atoms with Gasteiger partial charge in [-0.25, -0.2) is 0 Å². The third-order valence-corrected chi connectivity index (χ3v) is 6.09. The summed E-state index contributed by atoms with van der Waals surface area (Å²) >= 11 is 0. The van der Waals surface area contributed by atoms with Gasteiger partial charge in [0.05, 0.1) is 0 Å². The molecule has 2 saturated heterocycles. The van der Waals surface area contributed by atoms with E-state index in [9.17, 15) is 9.59 Å². The lowest BCUT2D eigenvalue weighted by Crippen LogP contribution is -2.49. The average Bonchev–Trinajstić information content (AvgIpc) is 2.74. The Labute approximate surface area is 163 Å². The van der Waals surface area contributed by atoms with Crippen molar-refractivity contribution in [3.8, 4) is 0 Å². The van der Waals surface area contributed by atoms with Crippen molar-refractivity contribution in [2.24, 2.45) is 5.92 Å². The van der Waals surface area contributed by atoms with E-state index >= 15 is 0 Å². The monoisotopic (exact) mass is 368 g/mol. The van der Waals surface area contributed by atoms with Crippen LogP contribution in [0.1, 0.15) is 50.5 Å². The van der Waals surface area contributed by atoms with Crippen molar-refractivity contribution in [2.75, 3.05) is 19.6 Å². The maximum Gasteiger partial charge on any atom is 0.245 e. The Hall–Kier alpha value is -2.10. The second kappa shape index (κ2) is 9.72. The summed E-state index contributed by atoms with van der Waals surface area (Å²) in [6.07, 6.45) is 9.72. The van der Waals surface area contributed by atoms with Gasteiger partial charge in [-0.2, -0.15) is 0 Å². The molecule has 0 radical (unpaired) electrons. The third kappa shape index (κ3) is 5.21. The molecule has 0 aliphatic carbocycles. The zero-order valence-corrected chi connectivity index (χ0v) is 16.3. The second-order valence-electron chi connectivity index (χ2n) is 7.86. The Morgan fingerprint density at radius 2 is 1.78 bits per heavy atom. The molecule has 0 spiro atoms. The average molecular weight is 369 g/mol. The van der Waals surface area contributed by atoms with E-state index in [1.54, 1.807) is 0 Å². The fourth-order valence-corrected chi connectivity index (χ4v) is 4.49. The fraction of sp³-hybridized carbons (Fsp3) is 0.565. The van der Waals surface area contributed by atoms with Crippen LogP contribution in [0.5, 0.6) is 0 Å². The van der Waals surface area contributed by atoms with Crippen molar-refractivity contribution in [1.82, 2.24) is 9.80 Å². The number of nitrogens with zero attached hydrogens (tertiary/aromatic N) is 2. The number of carbonyl (C=O) groups excluding carboxylic acids is 2. The number of amides is 2. The molecule has 0 N–H and O–H groups in total. The van der Waals surface area contributed by atoms with Gasteiger partial charge in [0.25, 0.3) is 0 Å². The molecule has 2 fully saturated rings. The highest BCUT2D eigenvalue weighted by molar-refractivity contribution is 5.87. The van der Waals surface area contributed by atoms with E-state index in [4.69, 9.17) is 0 Å². The van der Waals surface area contributed by atoms with E-state index in [2.05, 4.69) is 41.8 Å². The van der Waals surface area contributed by atoms with Crippen LogP contribution in [0, 0.1) is 5.92 Å². The van der Waals surface area contributed by atoms with Crippen LogP contribution in [-0.4, -0.2) is 47.3 Å². The molecule has 4 heteroatoms. The summed E-state index contributed by atoms with van der Waals surface area (Å²) in [6.45, 7) is 5.81. The van der Waals surface area contributed by atoms with E-state index in [1.165, 1.54) is 18.1 Å². The Balaban J connectivity index is 1.51. The molecule has 0 bridgehead atoms. The predicted molar refractivity (Wildman–Crippen MR) is 108 cm³/mol. The molecule has 0 saturated carbocycles. The molecule has 3 rings (SSSR count). The van der Waals surface area contributed by atoms with Gasteiger partial charge in [-0.05, 0) is 63.0 Å². The number of carbonyl (C=O) groups is 2. The van der Waals surface area contributed by atoms with E-state index < -0.39 is 0 Å². The van der Waals surface area contributed by atoms with Crippen molar-refractivity contribution in [3.63, 3.8) is 0 Å². The molecule has 146 valence electrons. The minimum atomic E-state index is -0.0161. The number of rotatable bonds is 6. The highest BCUT2D eigenvalue weighted by Crippen LogP contribution is 2.27. The molecule has 2 aliphatic rings. The minimum Gasteiger partial charge on any atom is -0.339 e. The molecule has 2 heterocycles. The van der Waals surface area contributed by atoms with Gasteiger partial charge in [-0.3, -0.25) is 9.59 Å². The Morgan fingerprint density at radius 3 is 2.48 bits per heavy atom. The van der Waals surface area contributed by atoms with Crippen molar-refractivity contribution in [3.05, 3.63) is 48.6 Å². The van der Waals surface area contributed by atoms with Crippen LogP contribution in [0.25, 0.3) is 0 Å². The second-order valence-corrected chi connectivity index (χ2v) is 7.86. The van der Waals surface area contributed by atoms with Crippen molar-refractivity contribution >= 4 is 11.8 Å². The topological polar surface area (TPSA) is 40.6 Å². The lowest BCUT2D eigenvalue weighted by Gasteiger charge is -2.40. The quantitative estimate of drug-likeness (QED) is 0.716. The summed E-state index contributed by atoms with van der Waals surface area (Å²) in [5.74, 6) is 0.386. The van der Waals surface area contributed by atoms with E-state index in [0.717, 1.165) is 51.5 Å². The van der Waals surface area contributed by atoms with Crippen LogP contribution < -0.4 is 0 Å². The van der Waals surface area contributed by atoms with Crippen LogP contribution >= 0.6 is 0 Å². The Morgan fingerprint density at radius 1 is 1.04 bits per heavy atom. The summed E-state index contributed by atoms with van der Waals surface area (Å²) < 4.78 is 0. The van der Waals surface area contributed by atoms with Gasteiger partial charge >= 0.3 is 0 Å². The van der Waals surface area contributed by atoms with Crippen LogP contribution in [0.4, 0.5) is 0 Å². The van der Waals surface area contributed by atoms with Crippen molar-refractivity contribution in [2.45, 2.75) is 57.4 Å². The van der Waals surface area contributed by atoms with Gasteiger partial charge < -0.3 is 9.80 Å². The number of hydrogen-bond donors (Lipinski definition) is 0. The Kier molecular flexibility index (Phi) is 7.08. The maximum atomic E-state index is 13.1.